The van der Waals surface area contributed by atoms with E-state index in [2.05, 4.69) is 36.2 Å². The monoisotopic (exact) mass is 451 g/mol. The fourth-order valence-corrected chi connectivity index (χ4v) is 5.13. The molecule has 1 atom stereocenters. The smallest absolute Gasteiger partial charge is 0.256 e. The average molecular weight is 452 g/mol. The lowest BCUT2D eigenvalue weighted by Crippen LogP contribution is -2.57. The number of carbonyl (C=O) groups excluding carboxylic acids is 2. The van der Waals surface area contributed by atoms with Gasteiger partial charge in [0.1, 0.15) is 5.82 Å². The highest BCUT2D eigenvalue weighted by Crippen LogP contribution is 2.32. The molecule has 0 bridgehead atoms. The molecule has 2 aliphatic rings. The number of halogens is 1. The first-order chi connectivity index (χ1) is 15.9. The second-order valence-electron chi connectivity index (χ2n) is 9.56. The molecule has 0 radical (unpaired) electrons. The molecule has 0 unspecified atom stereocenters. The van der Waals surface area contributed by atoms with E-state index in [1.54, 1.807) is 17.0 Å². The molecule has 2 aromatic rings. The molecule has 4 rings (SSSR count). The Labute approximate surface area is 196 Å². The summed E-state index contributed by atoms with van der Waals surface area (Å²) in [6.07, 6.45) is 4.42. The number of nitrogens with zero attached hydrogens (tertiary/aromatic N) is 2. The number of piperazine rings is 1. The van der Waals surface area contributed by atoms with Gasteiger partial charge >= 0.3 is 0 Å². The minimum atomic E-state index is -0.489. The molecule has 5 nitrogen and oxygen atoms in total. The van der Waals surface area contributed by atoms with Crippen molar-refractivity contribution in [3.63, 3.8) is 0 Å². The summed E-state index contributed by atoms with van der Waals surface area (Å²) in [4.78, 5) is 30.1. The van der Waals surface area contributed by atoms with E-state index < -0.39 is 5.82 Å². The van der Waals surface area contributed by atoms with E-state index in [4.69, 9.17) is 0 Å². The number of benzene rings is 2. The number of hydrogen-bond donors (Lipinski definition) is 1. The van der Waals surface area contributed by atoms with Gasteiger partial charge in [0.2, 0.25) is 5.91 Å². The van der Waals surface area contributed by atoms with Crippen LogP contribution >= 0.6 is 0 Å². The van der Waals surface area contributed by atoms with Gasteiger partial charge in [0.25, 0.3) is 5.91 Å². The molecule has 33 heavy (non-hydrogen) atoms. The summed E-state index contributed by atoms with van der Waals surface area (Å²) < 4.78 is 14.1. The molecular formula is C27H34FN3O2. The number of anilines is 1. The Morgan fingerprint density at radius 1 is 0.939 bits per heavy atom. The van der Waals surface area contributed by atoms with Crippen molar-refractivity contribution in [3.8, 4) is 0 Å². The van der Waals surface area contributed by atoms with E-state index in [-0.39, 0.29) is 23.4 Å². The van der Waals surface area contributed by atoms with Crippen LogP contribution in [0.1, 0.15) is 61.4 Å². The lowest BCUT2D eigenvalue weighted by Gasteiger charge is -2.40. The first kappa shape index (κ1) is 23.4. The van der Waals surface area contributed by atoms with E-state index in [1.807, 2.05) is 12.1 Å². The Kier molecular flexibility index (Phi) is 7.43. The Morgan fingerprint density at radius 3 is 2.18 bits per heavy atom. The van der Waals surface area contributed by atoms with Gasteiger partial charge in [-0.1, -0.05) is 51.0 Å². The summed E-state index contributed by atoms with van der Waals surface area (Å²) in [5, 5.41) is 3.14. The topological polar surface area (TPSA) is 52.7 Å². The molecule has 1 N–H and O–H groups in total. The summed E-state index contributed by atoms with van der Waals surface area (Å²) in [5.74, 6) is 0.0441. The minimum absolute atomic E-state index is 0.0353. The third-order valence-electron chi connectivity index (χ3n) is 7.06. The maximum absolute atomic E-state index is 14.1. The fourth-order valence-electron chi connectivity index (χ4n) is 5.13. The zero-order valence-corrected chi connectivity index (χ0v) is 19.6. The third kappa shape index (κ3) is 5.44. The molecular weight excluding hydrogens is 417 g/mol. The van der Waals surface area contributed by atoms with E-state index in [1.165, 1.54) is 17.7 Å². The van der Waals surface area contributed by atoms with Crippen LogP contribution in [0.3, 0.4) is 0 Å². The first-order valence-electron chi connectivity index (χ1n) is 12.1. The lowest BCUT2D eigenvalue weighted by atomic mass is 9.94. The van der Waals surface area contributed by atoms with Crippen molar-refractivity contribution < 1.29 is 14.0 Å². The van der Waals surface area contributed by atoms with Crippen LogP contribution in [-0.4, -0.2) is 53.8 Å². The summed E-state index contributed by atoms with van der Waals surface area (Å²) in [6.45, 7) is 6.52. The predicted octanol–water partition coefficient (Wildman–Crippen LogP) is 4.90. The summed E-state index contributed by atoms with van der Waals surface area (Å²) in [6, 6.07) is 14.0. The van der Waals surface area contributed by atoms with Crippen LogP contribution in [0.15, 0.2) is 48.5 Å². The van der Waals surface area contributed by atoms with Crippen molar-refractivity contribution in [1.29, 1.82) is 0 Å². The van der Waals surface area contributed by atoms with E-state index in [9.17, 15) is 14.0 Å². The molecule has 6 heteroatoms. The Balaban J connectivity index is 1.43. The summed E-state index contributed by atoms with van der Waals surface area (Å²) in [7, 11) is 0. The SMILES string of the molecule is CC(C)c1ccc(NC(=O)[C@H](C2CCCC2)N2CCN(C(=O)c3ccccc3F)CC2)cc1. The van der Waals surface area contributed by atoms with Crippen molar-refractivity contribution in [1.82, 2.24) is 9.80 Å². The zero-order chi connectivity index (χ0) is 23.4. The van der Waals surface area contributed by atoms with Crippen molar-refractivity contribution in [3.05, 3.63) is 65.5 Å². The Hall–Kier alpha value is -2.73. The van der Waals surface area contributed by atoms with Crippen molar-refractivity contribution in [2.75, 3.05) is 31.5 Å². The van der Waals surface area contributed by atoms with Gasteiger partial charge in [-0.25, -0.2) is 4.39 Å². The second kappa shape index (κ2) is 10.5. The highest BCUT2D eigenvalue weighted by Gasteiger charge is 2.37. The maximum Gasteiger partial charge on any atom is 0.256 e. The molecule has 1 aliphatic carbocycles. The van der Waals surface area contributed by atoms with Crippen LogP contribution in [0.5, 0.6) is 0 Å². The standard InChI is InChI=1S/C27H34FN3O2/c1-19(2)20-11-13-22(14-12-20)29-26(32)25(21-7-3-4-8-21)30-15-17-31(18-16-30)27(33)23-9-5-6-10-24(23)28/h5-6,9-14,19,21,25H,3-4,7-8,15-18H2,1-2H3,(H,29,32)/t25-/m0/s1. The molecule has 1 saturated carbocycles. The van der Waals surface area contributed by atoms with Gasteiger partial charge < -0.3 is 10.2 Å². The molecule has 1 aliphatic heterocycles. The molecule has 1 saturated heterocycles. The van der Waals surface area contributed by atoms with Crippen LogP contribution in [0, 0.1) is 11.7 Å². The first-order valence-corrected chi connectivity index (χ1v) is 12.1. The number of rotatable bonds is 6. The Bertz CT molecular complexity index is 962. The van der Waals surface area contributed by atoms with Gasteiger partial charge in [0, 0.05) is 31.9 Å². The van der Waals surface area contributed by atoms with Gasteiger partial charge in [-0.15, -0.1) is 0 Å². The quantitative estimate of drug-likeness (QED) is 0.679. The molecule has 176 valence electrons. The number of carbonyl (C=O) groups is 2. The summed E-state index contributed by atoms with van der Waals surface area (Å²) in [5.41, 5.74) is 2.18. The average Bonchev–Trinajstić information content (AvgIpc) is 3.34. The van der Waals surface area contributed by atoms with Gasteiger partial charge in [0.15, 0.2) is 0 Å². The fraction of sp³-hybridized carbons (Fsp3) is 0.481. The molecule has 2 aromatic carbocycles. The normalized spacial score (nSPS) is 18.5. The van der Waals surface area contributed by atoms with E-state index >= 15 is 0 Å². The molecule has 2 amide bonds. The number of hydrogen-bond acceptors (Lipinski definition) is 3. The zero-order valence-electron chi connectivity index (χ0n) is 19.6. The molecule has 0 spiro atoms. The number of amides is 2. The summed E-state index contributed by atoms with van der Waals surface area (Å²) >= 11 is 0. The van der Waals surface area contributed by atoms with Crippen LogP contribution in [-0.2, 0) is 4.79 Å². The van der Waals surface area contributed by atoms with Crippen LogP contribution in [0.25, 0.3) is 0 Å². The van der Waals surface area contributed by atoms with Gasteiger partial charge in [-0.05, 0) is 54.5 Å². The molecule has 0 aromatic heterocycles. The van der Waals surface area contributed by atoms with Crippen LogP contribution < -0.4 is 5.32 Å². The predicted molar refractivity (Wildman–Crippen MR) is 129 cm³/mol. The molecule has 2 fully saturated rings. The minimum Gasteiger partial charge on any atom is -0.336 e. The van der Waals surface area contributed by atoms with Crippen LogP contribution in [0.2, 0.25) is 0 Å². The lowest BCUT2D eigenvalue weighted by molar-refractivity contribution is -0.123. The van der Waals surface area contributed by atoms with Crippen molar-refractivity contribution in [2.45, 2.75) is 51.5 Å². The number of nitrogens with one attached hydrogen (secondary N) is 1. The van der Waals surface area contributed by atoms with E-state index in [0.29, 0.717) is 38.0 Å². The van der Waals surface area contributed by atoms with Crippen LogP contribution in [0.4, 0.5) is 10.1 Å². The van der Waals surface area contributed by atoms with Gasteiger partial charge in [0.05, 0.1) is 11.6 Å². The maximum atomic E-state index is 14.1. The van der Waals surface area contributed by atoms with Crippen molar-refractivity contribution >= 4 is 17.5 Å². The van der Waals surface area contributed by atoms with Gasteiger partial charge in [-0.2, -0.15) is 0 Å². The van der Waals surface area contributed by atoms with Crippen molar-refractivity contribution in [2.24, 2.45) is 5.92 Å². The molecule has 1 heterocycles. The Morgan fingerprint density at radius 2 is 1.58 bits per heavy atom. The van der Waals surface area contributed by atoms with E-state index in [0.717, 1.165) is 31.4 Å². The largest absolute Gasteiger partial charge is 0.336 e. The third-order valence-corrected chi connectivity index (χ3v) is 7.06. The second-order valence-corrected chi connectivity index (χ2v) is 9.56. The highest BCUT2D eigenvalue weighted by atomic mass is 19.1. The van der Waals surface area contributed by atoms with Gasteiger partial charge in [-0.3, -0.25) is 14.5 Å². The highest BCUT2D eigenvalue weighted by molar-refractivity contribution is 5.96.